The summed E-state index contributed by atoms with van der Waals surface area (Å²) in [6.45, 7) is 8.72. The first-order chi connectivity index (χ1) is 16.9. The Morgan fingerprint density at radius 1 is 1.20 bits per heavy atom. The number of esters is 1. The fourth-order valence-electron chi connectivity index (χ4n) is 3.76. The predicted octanol–water partition coefficient (Wildman–Crippen LogP) is 5.49. The van der Waals surface area contributed by atoms with Crippen molar-refractivity contribution in [2.24, 2.45) is 0 Å². The van der Waals surface area contributed by atoms with Crippen LogP contribution in [0.25, 0.3) is 33.7 Å². The number of nitrogens with zero attached hydrogens (tertiary/aromatic N) is 5. The van der Waals surface area contributed by atoms with Crippen molar-refractivity contribution in [1.82, 2.24) is 24.9 Å². The van der Waals surface area contributed by atoms with Crippen molar-refractivity contribution in [1.29, 1.82) is 0 Å². The van der Waals surface area contributed by atoms with Gasteiger partial charge in [-0.2, -0.15) is 10.1 Å². The minimum absolute atomic E-state index is 0.0369. The van der Waals surface area contributed by atoms with E-state index in [1.807, 2.05) is 24.6 Å². The number of aromatic nitrogens is 5. The molecule has 0 aliphatic carbocycles. The monoisotopic (exact) mass is 497 g/mol. The average Bonchev–Trinajstić information content (AvgIpc) is 3.47. The maximum Gasteiger partial charge on any atom is 0.305 e. The number of halogens is 1. The lowest BCUT2D eigenvalue weighted by atomic mass is 10.0. The molecule has 3 aromatic heterocycles. The summed E-state index contributed by atoms with van der Waals surface area (Å²) in [4.78, 5) is 20.5. The van der Waals surface area contributed by atoms with Crippen LogP contribution in [-0.2, 0) is 22.5 Å². The maximum absolute atomic E-state index is 11.6. The average molecular weight is 498 g/mol. The lowest BCUT2D eigenvalue weighted by Gasteiger charge is -2.09. The molecule has 10 heteroatoms. The van der Waals surface area contributed by atoms with Gasteiger partial charge in [0.1, 0.15) is 5.02 Å². The van der Waals surface area contributed by atoms with Gasteiger partial charge in [-0.15, -0.1) is 0 Å². The summed E-state index contributed by atoms with van der Waals surface area (Å²) in [6, 6.07) is 5.81. The van der Waals surface area contributed by atoms with Crippen molar-refractivity contribution in [2.75, 3.05) is 6.61 Å². The van der Waals surface area contributed by atoms with Crippen LogP contribution < -0.4 is 4.74 Å². The summed E-state index contributed by atoms with van der Waals surface area (Å²) < 4.78 is 18.0. The van der Waals surface area contributed by atoms with E-state index in [9.17, 15) is 4.79 Å². The number of aryl methyl sites for hydroxylation is 2. The molecule has 0 spiro atoms. The summed E-state index contributed by atoms with van der Waals surface area (Å²) >= 11 is 6.32. The number of fused-ring (bicyclic) bond motifs is 1. The first-order valence-corrected chi connectivity index (χ1v) is 12.1. The third-order valence-corrected chi connectivity index (χ3v) is 5.64. The summed E-state index contributed by atoms with van der Waals surface area (Å²) in [5.41, 5.74) is 3.54. The van der Waals surface area contributed by atoms with Crippen molar-refractivity contribution in [2.45, 2.75) is 59.6 Å². The SMILES string of the molecule is CCOC(=O)CCCn1ncc2cc(-c3noc(-c4cnc(OC(C)C)c(Cl)c4)n3)c(CC)cc21. The molecule has 0 amide bonds. The Labute approximate surface area is 208 Å². The molecule has 0 N–H and O–H groups in total. The van der Waals surface area contributed by atoms with Gasteiger partial charge in [-0.05, 0) is 57.4 Å². The molecule has 0 fully saturated rings. The summed E-state index contributed by atoms with van der Waals surface area (Å²) in [5, 5.41) is 10.0. The standard InChI is InChI=1S/C25H28ClN5O4/c1-5-16-12-21-17(14-28-31(21)9-7-8-22(32)33-6-2)10-19(16)23-29-24(35-30-23)18-11-20(26)25(27-13-18)34-15(3)4/h10-15H,5-9H2,1-4H3. The van der Waals surface area contributed by atoms with Crippen LogP contribution in [0, 0.1) is 0 Å². The Morgan fingerprint density at radius 3 is 2.74 bits per heavy atom. The smallest absolute Gasteiger partial charge is 0.305 e. The van der Waals surface area contributed by atoms with Crippen LogP contribution in [0.5, 0.6) is 5.88 Å². The predicted molar refractivity (Wildman–Crippen MR) is 132 cm³/mol. The third kappa shape index (κ3) is 5.62. The van der Waals surface area contributed by atoms with Crippen LogP contribution in [0.2, 0.25) is 5.02 Å². The highest BCUT2D eigenvalue weighted by atomic mass is 35.5. The number of benzene rings is 1. The lowest BCUT2D eigenvalue weighted by molar-refractivity contribution is -0.143. The number of ether oxygens (including phenoxy) is 2. The Hall–Kier alpha value is -3.46. The summed E-state index contributed by atoms with van der Waals surface area (Å²) in [7, 11) is 0. The minimum Gasteiger partial charge on any atom is -0.474 e. The first-order valence-electron chi connectivity index (χ1n) is 11.7. The van der Waals surface area contributed by atoms with Gasteiger partial charge in [0.2, 0.25) is 11.7 Å². The molecule has 4 rings (SSSR count). The van der Waals surface area contributed by atoms with Crippen LogP contribution in [0.4, 0.5) is 0 Å². The van der Waals surface area contributed by atoms with E-state index in [2.05, 4.69) is 33.2 Å². The van der Waals surface area contributed by atoms with Crippen LogP contribution >= 0.6 is 11.6 Å². The number of carbonyl (C=O) groups is 1. The molecular weight excluding hydrogens is 470 g/mol. The molecule has 9 nitrogen and oxygen atoms in total. The second-order valence-corrected chi connectivity index (χ2v) is 8.71. The highest BCUT2D eigenvalue weighted by molar-refractivity contribution is 6.32. The highest BCUT2D eigenvalue weighted by Gasteiger charge is 2.18. The molecule has 0 saturated heterocycles. The van der Waals surface area contributed by atoms with Crippen LogP contribution in [0.15, 0.2) is 35.1 Å². The molecule has 0 atom stereocenters. The zero-order valence-electron chi connectivity index (χ0n) is 20.2. The van der Waals surface area contributed by atoms with Gasteiger partial charge in [-0.1, -0.05) is 23.7 Å². The van der Waals surface area contributed by atoms with E-state index in [0.717, 1.165) is 28.5 Å². The van der Waals surface area contributed by atoms with Gasteiger partial charge < -0.3 is 14.0 Å². The van der Waals surface area contributed by atoms with E-state index in [1.54, 1.807) is 25.4 Å². The van der Waals surface area contributed by atoms with Gasteiger partial charge in [0.15, 0.2) is 0 Å². The van der Waals surface area contributed by atoms with Crippen molar-refractivity contribution in [3.8, 4) is 28.7 Å². The zero-order chi connectivity index (χ0) is 24.9. The molecule has 3 heterocycles. The highest BCUT2D eigenvalue weighted by Crippen LogP contribution is 2.31. The van der Waals surface area contributed by atoms with Gasteiger partial charge in [-0.3, -0.25) is 9.48 Å². The molecule has 0 radical (unpaired) electrons. The van der Waals surface area contributed by atoms with Crippen LogP contribution in [-0.4, -0.2) is 43.6 Å². The van der Waals surface area contributed by atoms with E-state index < -0.39 is 0 Å². The van der Waals surface area contributed by atoms with Crippen LogP contribution in [0.1, 0.15) is 46.1 Å². The summed E-state index contributed by atoms with van der Waals surface area (Å²) in [5.74, 6) is 0.977. The molecule has 0 bridgehead atoms. The van der Waals surface area contributed by atoms with E-state index in [4.69, 9.17) is 25.6 Å². The Kier molecular flexibility index (Phi) is 7.65. The maximum atomic E-state index is 11.6. The van der Waals surface area contributed by atoms with Crippen LogP contribution in [0.3, 0.4) is 0 Å². The number of hydrogen-bond donors (Lipinski definition) is 0. The molecule has 4 aromatic rings. The first kappa shape index (κ1) is 24.7. The number of carbonyl (C=O) groups excluding carboxylic acids is 1. The molecule has 184 valence electrons. The Bertz CT molecular complexity index is 1330. The quantitative estimate of drug-likeness (QED) is 0.265. The molecule has 1 aromatic carbocycles. The number of rotatable bonds is 10. The topological polar surface area (TPSA) is 105 Å². The summed E-state index contributed by atoms with van der Waals surface area (Å²) in [6.07, 6.45) is 5.17. The normalized spacial score (nSPS) is 11.4. The molecule has 35 heavy (non-hydrogen) atoms. The fraction of sp³-hybridized carbons (Fsp3) is 0.400. The van der Waals surface area contributed by atoms with Gasteiger partial charge in [0, 0.05) is 30.1 Å². The van der Waals surface area contributed by atoms with Crippen molar-refractivity contribution in [3.05, 3.63) is 41.2 Å². The van der Waals surface area contributed by atoms with Gasteiger partial charge in [0.25, 0.3) is 5.89 Å². The third-order valence-electron chi connectivity index (χ3n) is 5.37. The van der Waals surface area contributed by atoms with E-state index in [0.29, 0.717) is 54.2 Å². The fourth-order valence-corrected chi connectivity index (χ4v) is 3.97. The molecule has 0 aliphatic heterocycles. The lowest BCUT2D eigenvalue weighted by Crippen LogP contribution is -2.07. The zero-order valence-corrected chi connectivity index (χ0v) is 21.0. The molecule has 0 aliphatic rings. The van der Waals surface area contributed by atoms with Gasteiger partial charge in [0.05, 0.1) is 30.0 Å². The number of pyridine rings is 1. The van der Waals surface area contributed by atoms with E-state index in [1.165, 1.54) is 0 Å². The van der Waals surface area contributed by atoms with Crippen molar-refractivity contribution in [3.63, 3.8) is 0 Å². The molecule has 0 saturated carbocycles. The van der Waals surface area contributed by atoms with Crippen molar-refractivity contribution < 1.29 is 18.8 Å². The number of hydrogen-bond acceptors (Lipinski definition) is 8. The molecule has 0 unspecified atom stereocenters. The minimum atomic E-state index is -0.188. The second-order valence-electron chi connectivity index (χ2n) is 8.30. The molecular formula is C25H28ClN5O4. The Morgan fingerprint density at radius 2 is 2.03 bits per heavy atom. The second kappa shape index (κ2) is 10.9. The van der Waals surface area contributed by atoms with Gasteiger partial charge >= 0.3 is 5.97 Å². The van der Waals surface area contributed by atoms with Crippen molar-refractivity contribution >= 4 is 28.5 Å². The van der Waals surface area contributed by atoms with Gasteiger partial charge in [-0.25, -0.2) is 4.98 Å². The largest absolute Gasteiger partial charge is 0.474 e. The Balaban J connectivity index is 1.58. The van der Waals surface area contributed by atoms with E-state index in [-0.39, 0.29) is 12.1 Å². The van der Waals surface area contributed by atoms with E-state index >= 15 is 0 Å².